The van der Waals surface area contributed by atoms with Gasteiger partial charge in [-0.05, 0) is 122 Å². The number of morpholine rings is 1. The van der Waals surface area contributed by atoms with Crippen molar-refractivity contribution in [2.24, 2.45) is 7.05 Å². The van der Waals surface area contributed by atoms with Gasteiger partial charge in [0.25, 0.3) is 11.8 Å². The van der Waals surface area contributed by atoms with Gasteiger partial charge in [0, 0.05) is 93.2 Å². The molecule has 0 aliphatic carbocycles. The van der Waals surface area contributed by atoms with Gasteiger partial charge in [-0.2, -0.15) is 0 Å². The molecule has 0 unspecified atom stereocenters. The Morgan fingerprint density at radius 2 is 1.58 bits per heavy atom. The average Bonchev–Trinajstić information content (AvgIpc) is 3.62. The van der Waals surface area contributed by atoms with Gasteiger partial charge in [0.15, 0.2) is 0 Å². The SMILES string of the molecule is Cc1c(C(=O)Nc2ccc(O)cc2)cc(-c2cc3c(cc2C(=O)N2Cc4ccccc4C[C@H]2CN2CCCCC2)CN(C(=O)Cc2ccc(OCCN4CCOCC4)cc2F)CC3)n1C. The lowest BCUT2D eigenvalue weighted by atomic mass is 9.89. The Morgan fingerprint density at radius 3 is 2.35 bits per heavy atom. The van der Waals surface area contributed by atoms with Crippen molar-refractivity contribution in [3.8, 4) is 22.8 Å². The number of halogens is 1. The average molecular weight is 883 g/mol. The van der Waals surface area contributed by atoms with Gasteiger partial charge in [0.2, 0.25) is 5.91 Å². The minimum atomic E-state index is -0.478. The largest absolute Gasteiger partial charge is 0.508 e. The summed E-state index contributed by atoms with van der Waals surface area (Å²) >= 11 is 0. The van der Waals surface area contributed by atoms with Gasteiger partial charge in [0.1, 0.15) is 23.9 Å². The Labute approximate surface area is 380 Å². The molecule has 5 heterocycles. The van der Waals surface area contributed by atoms with Crippen LogP contribution in [0.25, 0.3) is 11.3 Å². The summed E-state index contributed by atoms with van der Waals surface area (Å²) in [5.74, 6) is -0.523. The first-order valence-corrected chi connectivity index (χ1v) is 23.1. The molecule has 0 bridgehead atoms. The second kappa shape index (κ2) is 19.6. The maximum Gasteiger partial charge on any atom is 0.257 e. The summed E-state index contributed by atoms with van der Waals surface area (Å²) in [4.78, 5) is 51.8. The number of phenolic OH excluding ortho intramolecular Hbond substituents is 1. The van der Waals surface area contributed by atoms with Gasteiger partial charge in [0.05, 0.1) is 25.2 Å². The third kappa shape index (κ3) is 9.97. The van der Waals surface area contributed by atoms with E-state index in [1.165, 1.54) is 30.2 Å². The molecular weight excluding hydrogens is 824 g/mol. The van der Waals surface area contributed by atoms with Crippen molar-refractivity contribution < 1.29 is 33.4 Å². The molecule has 2 N–H and O–H groups in total. The Hall–Kier alpha value is -6.02. The van der Waals surface area contributed by atoms with Crippen LogP contribution < -0.4 is 10.1 Å². The lowest BCUT2D eigenvalue weighted by molar-refractivity contribution is -0.131. The van der Waals surface area contributed by atoms with Crippen molar-refractivity contribution in [1.29, 1.82) is 0 Å². The molecule has 4 aromatic carbocycles. The van der Waals surface area contributed by atoms with Crippen LogP contribution in [-0.2, 0) is 48.9 Å². The number of phenols is 1. The predicted octanol–water partition coefficient (Wildman–Crippen LogP) is 6.99. The summed E-state index contributed by atoms with van der Waals surface area (Å²) in [7, 11) is 1.91. The van der Waals surface area contributed by atoms with Crippen LogP contribution >= 0.6 is 0 Å². The van der Waals surface area contributed by atoms with E-state index >= 15 is 9.18 Å². The van der Waals surface area contributed by atoms with E-state index in [-0.39, 0.29) is 42.5 Å². The van der Waals surface area contributed by atoms with E-state index < -0.39 is 5.82 Å². The molecule has 4 aliphatic rings. The number of ether oxygens (including phenoxy) is 2. The number of carbonyl (C=O) groups is 3. The van der Waals surface area contributed by atoms with Crippen molar-refractivity contribution in [1.82, 2.24) is 24.2 Å². The topological polar surface area (TPSA) is 120 Å². The maximum absolute atomic E-state index is 15.5. The molecule has 0 saturated carbocycles. The van der Waals surface area contributed by atoms with Gasteiger partial charge in [-0.1, -0.05) is 36.8 Å². The second-order valence-electron chi connectivity index (χ2n) is 18.0. The van der Waals surface area contributed by atoms with Crippen molar-refractivity contribution >= 4 is 23.4 Å². The molecular formula is C52H59FN6O6. The third-order valence-corrected chi connectivity index (χ3v) is 13.8. The fourth-order valence-corrected chi connectivity index (χ4v) is 9.88. The van der Waals surface area contributed by atoms with E-state index in [9.17, 15) is 14.7 Å². The molecule has 340 valence electrons. The maximum atomic E-state index is 15.5. The van der Waals surface area contributed by atoms with Crippen molar-refractivity contribution in [2.45, 2.75) is 64.6 Å². The molecule has 12 nitrogen and oxygen atoms in total. The van der Waals surface area contributed by atoms with E-state index in [1.54, 1.807) is 29.2 Å². The third-order valence-electron chi connectivity index (χ3n) is 13.8. The Balaban J connectivity index is 1.00. The van der Waals surface area contributed by atoms with Gasteiger partial charge < -0.3 is 39.2 Å². The molecule has 2 fully saturated rings. The molecule has 4 aliphatic heterocycles. The normalized spacial score (nSPS) is 17.9. The molecule has 65 heavy (non-hydrogen) atoms. The highest BCUT2D eigenvalue weighted by Gasteiger charge is 2.35. The first-order chi connectivity index (χ1) is 31.6. The number of benzene rings is 4. The highest BCUT2D eigenvalue weighted by atomic mass is 19.1. The van der Waals surface area contributed by atoms with Gasteiger partial charge in [-0.3, -0.25) is 19.3 Å². The Bertz CT molecular complexity index is 2550. The van der Waals surface area contributed by atoms with Gasteiger partial charge >= 0.3 is 0 Å². The number of aromatic nitrogens is 1. The van der Waals surface area contributed by atoms with Crippen molar-refractivity contribution in [3.63, 3.8) is 0 Å². The number of nitrogens with zero attached hydrogens (tertiary/aromatic N) is 5. The van der Waals surface area contributed by atoms with Crippen LogP contribution in [0.4, 0.5) is 10.1 Å². The van der Waals surface area contributed by atoms with Crippen LogP contribution in [0.1, 0.15) is 73.5 Å². The van der Waals surface area contributed by atoms with E-state index in [0.29, 0.717) is 67.5 Å². The number of nitrogens with one attached hydrogen (secondary N) is 1. The smallest absolute Gasteiger partial charge is 0.257 e. The monoisotopic (exact) mass is 882 g/mol. The lowest BCUT2D eigenvalue weighted by Crippen LogP contribution is -2.51. The molecule has 0 radical (unpaired) electrons. The van der Waals surface area contributed by atoms with Gasteiger partial charge in [-0.15, -0.1) is 0 Å². The summed E-state index contributed by atoms with van der Waals surface area (Å²) in [6.07, 6.45) is 4.74. The van der Waals surface area contributed by atoms with E-state index in [0.717, 1.165) is 92.2 Å². The van der Waals surface area contributed by atoms with E-state index in [4.69, 9.17) is 9.47 Å². The zero-order chi connectivity index (χ0) is 45.0. The number of aromatic hydroxyl groups is 1. The lowest BCUT2D eigenvalue weighted by Gasteiger charge is -2.41. The fourth-order valence-electron chi connectivity index (χ4n) is 9.88. The van der Waals surface area contributed by atoms with Crippen molar-refractivity contribution in [3.05, 3.63) is 135 Å². The number of hydrogen-bond acceptors (Lipinski definition) is 8. The van der Waals surface area contributed by atoms with Crippen LogP contribution in [-0.4, -0.2) is 119 Å². The molecule has 1 aromatic heterocycles. The number of amides is 3. The predicted molar refractivity (Wildman–Crippen MR) is 248 cm³/mol. The molecule has 2 saturated heterocycles. The standard InChI is InChI=1S/C52H59FN6O6/c1-35-45(51(62)54-41-11-13-43(60)14-12-41)31-49(55(35)2)46-27-37-16-19-58(50(61)29-38-10-15-44(30-48(38)53)65-25-22-56-20-23-64-24-21-56)32-40(37)28-47(46)52(63)59-33-39-9-5-4-8-36(39)26-42(59)34-57-17-6-3-7-18-57/h4-5,8-15,27-28,30-31,42,60H,3,6-7,16-26,29,32-34H2,1-2H3,(H,54,62)/t42-/m0/s1. The number of carbonyl (C=O) groups excluding carboxylic acids is 3. The first-order valence-electron chi connectivity index (χ1n) is 23.1. The molecule has 3 amide bonds. The second-order valence-corrected chi connectivity index (χ2v) is 18.0. The Kier molecular flexibility index (Phi) is 13.3. The quantitative estimate of drug-likeness (QED) is 0.129. The van der Waals surface area contributed by atoms with Crippen LogP contribution in [0.5, 0.6) is 11.5 Å². The summed E-state index contributed by atoms with van der Waals surface area (Å²) in [6.45, 7) is 10.2. The summed E-state index contributed by atoms with van der Waals surface area (Å²) in [5, 5.41) is 12.8. The summed E-state index contributed by atoms with van der Waals surface area (Å²) < 4.78 is 28.7. The van der Waals surface area contributed by atoms with E-state index in [1.807, 2.05) is 41.6 Å². The number of likely N-dealkylation sites (tertiary alicyclic amines) is 1. The number of rotatable bonds is 12. The zero-order valence-corrected chi connectivity index (χ0v) is 37.5. The highest BCUT2D eigenvalue weighted by Crippen LogP contribution is 2.36. The zero-order valence-electron chi connectivity index (χ0n) is 37.5. The number of hydrogen-bond donors (Lipinski definition) is 2. The Morgan fingerprint density at radius 1 is 0.815 bits per heavy atom. The van der Waals surface area contributed by atoms with Crippen LogP contribution in [0.15, 0.2) is 84.9 Å². The van der Waals surface area contributed by atoms with Gasteiger partial charge in [-0.25, -0.2) is 4.39 Å². The molecule has 13 heteroatoms. The van der Waals surface area contributed by atoms with Crippen LogP contribution in [0, 0.1) is 12.7 Å². The number of anilines is 1. The first kappa shape index (κ1) is 44.2. The molecule has 0 spiro atoms. The molecule has 5 aromatic rings. The number of piperidine rings is 1. The van der Waals surface area contributed by atoms with E-state index in [2.05, 4.69) is 39.4 Å². The fraction of sp³-hybridized carbons (Fsp3) is 0.404. The summed E-state index contributed by atoms with van der Waals surface area (Å²) in [6, 6.07) is 25.3. The van der Waals surface area contributed by atoms with Crippen LogP contribution in [0.3, 0.4) is 0 Å². The molecule has 1 atom stereocenters. The van der Waals surface area contributed by atoms with Crippen molar-refractivity contribution in [2.75, 3.05) is 71.0 Å². The van der Waals surface area contributed by atoms with Crippen LogP contribution in [0.2, 0.25) is 0 Å². The number of fused-ring (bicyclic) bond motifs is 2. The molecule has 9 rings (SSSR count). The minimum Gasteiger partial charge on any atom is -0.508 e. The minimum absolute atomic E-state index is 0.0456. The highest BCUT2D eigenvalue weighted by molar-refractivity contribution is 6.07. The summed E-state index contributed by atoms with van der Waals surface area (Å²) in [5.41, 5.74) is 8.34.